The van der Waals surface area contributed by atoms with E-state index in [-0.39, 0.29) is 36.0 Å². The summed E-state index contributed by atoms with van der Waals surface area (Å²) in [5, 5.41) is 0. The summed E-state index contributed by atoms with van der Waals surface area (Å²) in [6, 6.07) is 10.4. The van der Waals surface area contributed by atoms with Crippen molar-refractivity contribution in [2.24, 2.45) is 5.73 Å². The van der Waals surface area contributed by atoms with Crippen LogP contribution in [-0.2, 0) is 0 Å². The van der Waals surface area contributed by atoms with Crippen LogP contribution < -0.4 is 10.6 Å². The molecule has 1 aromatic carbocycles. The molecule has 2 aromatic rings. The fraction of sp³-hybridized carbons (Fsp3) is 0.333. The topological polar surface area (TPSA) is 79.8 Å². The molecule has 0 saturated carbocycles. The summed E-state index contributed by atoms with van der Waals surface area (Å²) in [6.07, 6.45) is 3.28. The number of amides is 2. The summed E-state index contributed by atoms with van der Waals surface area (Å²) in [5.41, 5.74) is 7.03. The van der Waals surface area contributed by atoms with Gasteiger partial charge in [0.25, 0.3) is 11.8 Å². The quantitative estimate of drug-likeness (QED) is 0.908. The van der Waals surface area contributed by atoms with Gasteiger partial charge in [0, 0.05) is 26.2 Å². The molecule has 0 radical (unpaired) electrons. The van der Waals surface area contributed by atoms with Gasteiger partial charge in [0.2, 0.25) is 0 Å². The molecule has 1 aliphatic rings. The van der Waals surface area contributed by atoms with Crippen LogP contribution in [0.25, 0.3) is 0 Å². The first kappa shape index (κ1) is 19.0. The number of carbonyl (C=O) groups is 2. The van der Waals surface area contributed by atoms with Gasteiger partial charge in [-0.2, -0.15) is 0 Å². The monoisotopic (exact) mass is 363 g/mol. The second kappa shape index (κ2) is 8.18. The molecule has 1 unspecified atom stereocenters. The fourth-order valence-electron chi connectivity index (χ4n) is 2.99. The van der Waals surface area contributed by atoms with Crippen molar-refractivity contribution in [1.29, 1.82) is 0 Å². The first-order valence-electron chi connectivity index (χ1n) is 8.03. The van der Waals surface area contributed by atoms with E-state index in [2.05, 4.69) is 0 Å². The lowest BCUT2D eigenvalue weighted by Crippen LogP contribution is -2.46. The number of hydrogen-bond acceptors (Lipinski definition) is 4. The zero-order valence-electron chi connectivity index (χ0n) is 14.1. The normalized spacial score (nSPS) is 16.9. The van der Waals surface area contributed by atoms with Gasteiger partial charge in [0.1, 0.15) is 0 Å². The van der Waals surface area contributed by atoms with Gasteiger partial charge in [0.15, 0.2) is 5.76 Å². The smallest absolute Gasteiger partial charge is 0.293 e. The number of nitrogens with two attached hydrogens (primary N) is 1. The molecule has 1 aliphatic heterocycles. The highest BCUT2D eigenvalue weighted by atomic mass is 35.5. The Kier molecular flexibility index (Phi) is 6.22. The molecule has 2 amide bonds. The van der Waals surface area contributed by atoms with Crippen LogP contribution in [0.3, 0.4) is 0 Å². The molecule has 1 aromatic heterocycles. The van der Waals surface area contributed by atoms with Crippen LogP contribution >= 0.6 is 12.4 Å². The predicted octanol–water partition coefficient (Wildman–Crippen LogP) is 2.54. The van der Waals surface area contributed by atoms with Crippen LogP contribution in [0.15, 0.2) is 47.1 Å². The van der Waals surface area contributed by atoms with Crippen LogP contribution in [0.5, 0.6) is 0 Å². The van der Waals surface area contributed by atoms with Crippen molar-refractivity contribution in [3.05, 3.63) is 54.0 Å². The summed E-state index contributed by atoms with van der Waals surface area (Å²) in [4.78, 5) is 28.6. The number of rotatable bonds is 3. The summed E-state index contributed by atoms with van der Waals surface area (Å²) in [7, 11) is 1.64. The molecule has 2 N–H and O–H groups in total. The minimum Gasteiger partial charge on any atom is -0.459 e. The van der Waals surface area contributed by atoms with E-state index in [1.807, 2.05) is 0 Å². The van der Waals surface area contributed by atoms with Crippen LogP contribution in [0.4, 0.5) is 5.69 Å². The van der Waals surface area contributed by atoms with Crippen molar-refractivity contribution in [3.8, 4) is 0 Å². The summed E-state index contributed by atoms with van der Waals surface area (Å²) in [5.74, 6) is -0.157. The van der Waals surface area contributed by atoms with Crippen molar-refractivity contribution in [2.75, 3.05) is 25.0 Å². The maximum absolute atomic E-state index is 12.9. The minimum absolute atomic E-state index is 0. The molecule has 134 valence electrons. The lowest BCUT2D eigenvalue weighted by molar-refractivity contribution is 0.0709. The van der Waals surface area contributed by atoms with Crippen LogP contribution in [0, 0.1) is 0 Å². The number of anilines is 1. The third kappa shape index (κ3) is 4.03. The van der Waals surface area contributed by atoms with E-state index in [0.717, 1.165) is 12.8 Å². The third-order valence-corrected chi connectivity index (χ3v) is 4.28. The Morgan fingerprint density at radius 1 is 1.24 bits per heavy atom. The van der Waals surface area contributed by atoms with Gasteiger partial charge in [-0.1, -0.05) is 12.1 Å². The first-order chi connectivity index (χ1) is 11.6. The lowest BCUT2D eigenvalue weighted by Gasteiger charge is -2.32. The largest absolute Gasteiger partial charge is 0.459 e. The number of hydrogen-bond donors (Lipinski definition) is 1. The number of carbonyl (C=O) groups excluding carboxylic acids is 2. The van der Waals surface area contributed by atoms with Crippen LogP contribution in [-0.4, -0.2) is 42.9 Å². The number of halogens is 1. The zero-order chi connectivity index (χ0) is 17.1. The summed E-state index contributed by atoms with van der Waals surface area (Å²) < 4.78 is 5.17. The third-order valence-electron chi connectivity index (χ3n) is 4.28. The van der Waals surface area contributed by atoms with E-state index in [0.29, 0.717) is 24.3 Å². The predicted molar refractivity (Wildman–Crippen MR) is 98.2 cm³/mol. The molecule has 6 nitrogen and oxygen atoms in total. The van der Waals surface area contributed by atoms with E-state index < -0.39 is 0 Å². The highest BCUT2D eigenvalue weighted by Gasteiger charge is 2.26. The molecule has 1 saturated heterocycles. The molecular formula is C18H22ClN3O3. The van der Waals surface area contributed by atoms with Gasteiger partial charge in [0.05, 0.1) is 17.5 Å². The lowest BCUT2D eigenvalue weighted by atomic mass is 10.0. The van der Waals surface area contributed by atoms with Crippen molar-refractivity contribution < 1.29 is 14.0 Å². The Bertz CT molecular complexity index is 733. The second-order valence-electron chi connectivity index (χ2n) is 6.01. The highest BCUT2D eigenvalue weighted by molar-refractivity contribution is 6.09. The van der Waals surface area contributed by atoms with E-state index in [4.69, 9.17) is 10.2 Å². The van der Waals surface area contributed by atoms with Gasteiger partial charge in [-0.15, -0.1) is 12.4 Å². The Labute approximate surface area is 153 Å². The number of piperidine rings is 1. The van der Waals surface area contributed by atoms with E-state index >= 15 is 0 Å². The van der Waals surface area contributed by atoms with E-state index in [9.17, 15) is 9.59 Å². The molecule has 0 aliphatic carbocycles. The molecular weight excluding hydrogens is 342 g/mol. The number of para-hydroxylation sites is 1. The Morgan fingerprint density at radius 3 is 2.68 bits per heavy atom. The Hall–Kier alpha value is -2.31. The van der Waals surface area contributed by atoms with Crippen molar-refractivity contribution in [3.63, 3.8) is 0 Å². The molecule has 1 fully saturated rings. The summed E-state index contributed by atoms with van der Waals surface area (Å²) >= 11 is 0. The number of furan rings is 1. The number of benzene rings is 1. The van der Waals surface area contributed by atoms with Gasteiger partial charge in [-0.05, 0) is 37.1 Å². The molecule has 7 heteroatoms. The average molecular weight is 364 g/mol. The average Bonchev–Trinajstić information content (AvgIpc) is 3.14. The maximum Gasteiger partial charge on any atom is 0.293 e. The second-order valence-corrected chi connectivity index (χ2v) is 6.01. The van der Waals surface area contributed by atoms with Gasteiger partial charge in [-0.3, -0.25) is 9.59 Å². The molecule has 2 heterocycles. The van der Waals surface area contributed by atoms with Crippen LogP contribution in [0.1, 0.15) is 33.8 Å². The Balaban J connectivity index is 0.00000225. The Morgan fingerprint density at radius 2 is 2.00 bits per heavy atom. The zero-order valence-corrected chi connectivity index (χ0v) is 14.9. The number of nitrogens with zero attached hydrogens (tertiary/aromatic N) is 2. The highest BCUT2D eigenvalue weighted by Crippen LogP contribution is 2.24. The van der Waals surface area contributed by atoms with E-state index in [1.165, 1.54) is 11.2 Å². The molecule has 0 spiro atoms. The fourth-order valence-corrected chi connectivity index (χ4v) is 2.99. The van der Waals surface area contributed by atoms with Crippen LogP contribution in [0.2, 0.25) is 0 Å². The van der Waals surface area contributed by atoms with Gasteiger partial charge in [-0.25, -0.2) is 0 Å². The molecule has 1 atom stereocenters. The first-order valence-corrected chi connectivity index (χ1v) is 8.03. The van der Waals surface area contributed by atoms with Gasteiger partial charge >= 0.3 is 0 Å². The van der Waals surface area contributed by atoms with Crippen molar-refractivity contribution in [1.82, 2.24) is 4.90 Å². The molecule has 25 heavy (non-hydrogen) atoms. The SMILES string of the molecule is CN(C(=O)c1ccco1)c1ccccc1C(=O)N1CCCC(N)C1.Cl. The molecule has 0 bridgehead atoms. The van der Waals surface area contributed by atoms with Gasteiger partial charge < -0.3 is 20.0 Å². The number of likely N-dealkylation sites (tertiary alicyclic amines) is 1. The van der Waals surface area contributed by atoms with Crippen molar-refractivity contribution >= 4 is 29.9 Å². The standard InChI is InChI=1S/C18H21N3O3.ClH/c1-20(18(23)16-9-5-11-24-16)15-8-3-2-7-14(15)17(22)21-10-4-6-13(19)12-21;/h2-3,5,7-9,11,13H,4,6,10,12,19H2,1H3;1H. The molecule has 3 rings (SSSR count). The minimum atomic E-state index is -0.296. The van der Waals surface area contributed by atoms with Crippen molar-refractivity contribution in [2.45, 2.75) is 18.9 Å². The summed E-state index contributed by atoms with van der Waals surface area (Å²) in [6.45, 7) is 1.24. The maximum atomic E-state index is 12.9. The van der Waals surface area contributed by atoms with E-state index in [1.54, 1.807) is 48.3 Å².